The summed E-state index contributed by atoms with van der Waals surface area (Å²) in [4.78, 5) is 21.5. The first kappa shape index (κ1) is 13.4. The van der Waals surface area contributed by atoms with Gasteiger partial charge in [0.15, 0.2) is 0 Å². The van der Waals surface area contributed by atoms with E-state index in [1.807, 2.05) is 0 Å². The van der Waals surface area contributed by atoms with E-state index in [-0.39, 0.29) is 32.7 Å². The summed E-state index contributed by atoms with van der Waals surface area (Å²) in [5.74, 6) is -0.702. The Labute approximate surface area is 90.5 Å². The molecule has 0 saturated heterocycles. The van der Waals surface area contributed by atoms with Crippen LogP contribution in [0.5, 0.6) is 0 Å². The molecule has 5 heteroatoms. The van der Waals surface area contributed by atoms with Crippen molar-refractivity contribution in [1.29, 1.82) is 0 Å². The summed E-state index contributed by atoms with van der Waals surface area (Å²) in [6, 6.07) is 0. The number of carbonyl (C=O) groups excluding carboxylic acids is 2. The van der Waals surface area contributed by atoms with E-state index in [1.54, 1.807) is 0 Å². The molecule has 0 heterocycles. The zero-order valence-electron chi connectivity index (χ0n) is 6.11. The first-order chi connectivity index (χ1) is 4.63. The standard InChI is InChI=1S/C6H7NO3.Y/c1-4-5(8)7(2)6(9)10-3;/h1,4H,2H2,3H3;/q-2;. The fourth-order valence-electron chi connectivity index (χ4n) is 0.290. The quantitative estimate of drug-likeness (QED) is 0.482. The maximum atomic E-state index is 10.5. The number of nitrogens with zero attached hydrogens (tertiary/aromatic N) is 1. The fourth-order valence-corrected chi connectivity index (χ4v) is 0.290. The molecule has 0 saturated carbocycles. The van der Waals surface area contributed by atoms with Crippen molar-refractivity contribution in [2.45, 2.75) is 0 Å². The van der Waals surface area contributed by atoms with Gasteiger partial charge in [0.1, 0.15) is 0 Å². The molecule has 0 bridgehead atoms. The molecule has 0 rings (SSSR count). The van der Waals surface area contributed by atoms with E-state index in [1.165, 1.54) is 0 Å². The van der Waals surface area contributed by atoms with Crippen molar-refractivity contribution in [1.82, 2.24) is 4.90 Å². The Morgan fingerprint density at radius 2 is 2.09 bits per heavy atom. The summed E-state index contributed by atoms with van der Waals surface area (Å²) in [7, 11) is 4.22. The molecule has 0 unspecified atom stereocenters. The minimum Gasteiger partial charge on any atom is -0.479 e. The number of amides is 2. The monoisotopic (exact) mass is 230 g/mol. The van der Waals surface area contributed by atoms with Gasteiger partial charge in [0.2, 0.25) is 0 Å². The molecule has 2 amide bonds. The van der Waals surface area contributed by atoms with Gasteiger partial charge in [0.05, 0.1) is 13.0 Å². The van der Waals surface area contributed by atoms with E-state index in [0.717, 1.165) is 13.2 Å². The Morgan fingerprint density at radius 3 is 2.36 bits per heavy atom. The van der Waals surface area contributed by atoms with Gasteiger partial charge >= 0.3 is 6.09 Å². The Morgan fingerprint density at radius 1 is 1.64 bits per heavy atom. The largest absolute Gasteiger partial charge is 0.479 e. The number of hydrogen-bond donors (Lipinski definition) is 0. The van der Waals surface area contributed by atoms with Crippen molar-refractivity contribution in [3.63, 3.8) is 0 Å². The molecule has 0 aliphatic rings. The molecular formula is C6H7NO3Y-2. The van der Waals surface area contributed by atoms with Gasteiger partial charge in [-0.2, -0.15) is 6.08 Å². The summed E-state index contributed by atoms with van der Waals surface area (Å²) >= 11 is 0. The molecule has 0 spiro atoms. The fraction of sp³-hybridized carbons (Fsp3) is 0.167. The molecular weight excluding hydrogens is 223 g/mol. The van der Waals surface area contributed by atoms with Gasteiger partial charge in [0.25, 0.3) is 0 Å². The molecule has 0 aliphatic carbocycles. The van der Waals surface area contributed by atoms with E-state index in [4.69, 9.17) is 6.58 Å². The zero-order chi connectivity index (χ0) is 8.15. The van der Waals surface area contributed by atoms with E-state index in [9.17, 15) is 9.59 Å². The average molecular weight is 230 g/mol. The Balaban J connectivity index is 0. The summed E-state index contributed by atoms with van der Waals surface area (Å²) in [5.41, 5.74) is 0. The molecule has 0 N–H and O–H groups in total. The second-order valence-corrected chi connectivity index (χ2v) is 1.40. The average Bonchev–Trinajstić information content (AvgIpc) is 2.00. The van der Waals surface area contributed by atoms with Gasteiger partial charge in [-0.1, -0.05) is 0 Å². The smallest absolute Gasteiger partial charge is 0.370 e. The number of hydrogen-bond acceptors (Lipinski definition) is 3. The first-order valence-electron chi connectivity index (χ1n) is 2.41. The van der Waals surface area contributed by atoms with Gasteiger partial charge in [0, 0.05) is 32.7 Å². The molecule has 59 valence electrons. The van der Waals surface area contributed by atoms with Crippen LogP contribution in [0.15, 0.2) is 6.08 Å². The Bertz CT molecular complexity index is 169. The van der Waals surface area contributed by atoms with E-state index in [0.29, 0.717) is 4.90 Å². The third kappa shape index (κ3) is 4.27. The number of rotatable bonds is 1. The summed E-state index contributed by atoms with van der Waals surface area (Å²) in [6.45, 7) is 4.80. The van der Waals surface area contributed by atoms with Crippen molar-refractivity contribution in [3.05, 3.63) is 19.7 Å². The first-order valence-corrected chi connectivity index (χ1v) is 2.41. The third-order valence-electron chi connectivity index (χ3n) is 0.804. The van der Waals surface area contributed by atoms with Gasteiger partial charge in [-0.25, -0.2) is 4.79 Å². The minimum atomic E-state index is -0.841. The van der Waals surface area contributed by atoms with Crippen LogP contribution in [0.25, 0.3) is 0 Å². The number of ether oxygens (including phenoxy) is 1. The molecule has 0 aromatic rings. The van der Waals surface area contributed by atoms with Gasteiger partial charge in [-0.3, -0.25) is 13.6 Å². The van der Waals surface area contributed by atoms with Gasteiger partial charge in [-0.05, 0) is 0 Å². The summed E-state index contributed by atoms with van der Waals surface area (Å²) in [5, 5.41) is 0. The zero-order valence-corrected chi connectivity index (χ0v) is 8.95. The summed E-state index contributed by atoms with van der Waals surface area (Å²) in [6.07, 6.45) is -0.115. The predicted molar refractivity (Wildman–Crippen MR) is 33.5 cm³/mol. The number of methoxy groups -OCH3 is 1. The SMILES string of the molecule is [CH-]=CC(=O)N([CH2-])C(=O)OC.[Y]. The Hall–Kier alpha value is -0.216. The molecule has 0 aromatic carbocycles. The molecule has 1 radical (unpaired) electrons. The third-order valence-corrected chi connectivity index (χ3v) is 0.804. The van der Waals surface area contributed by atoms with Crippen LogP contribution < -0.4 is 0 Å². The second-order valence-electron chi connectivity index (χ2n) is 1.40. The van der Waals surface area contributed by atoms with Crippen LogP contribution in [-0.2, 0) is 42.2 Å². The van der Waals surface area contributed by atoms with Gasteiger partial charge < -0.3 is 14.4 Å². The second kappa shape index (κ2) is 6.49. The van der Waals surface area contributed by atoms with E-state index < -0.39 is 12.0 Å². The predicted octanol–water partition coefficient (Wildman–Crippen LogP) is 0.360. The van der Waals surface area contributed by atoms with Crippen LogP contribution in [0.3, 0.4) is 0 Å². The molecule has 0 aromatic heterocycles. The van der Waals surface area contributed by atoms with Crippen LogP contribution in [0, 0.1) is 13.6 Å². The van der Waals surface area contributed by atoms with Crippen molar-refractivity contribution < 1.29 is 47.0 Å². The topological polar surface area (TPSA) is 46.6 Å². The van der Waals surface area contributed by atoms with Crippen LogP contribution in [0.1, 0.15) is 0 Å². The molecule has 4 nitrogen and oxygen atoms in total. The Kier molecular flexibility index (Phi) is 7.90. The van der Waals surface area contributed by atoms with E-state index >= 15 is 0 Å². The number of imide groups is 1. The normalized spacial score (nSPS) is 7.45. The summed E-state index contributed by atoms with van der Waals surface area (Å²) < 4.78 is 4.16. The molecule has 0 fully saturated rings. The van der Waals surface area contributed by atoms with Crippen molar-refractivity contribution in [3.8, 4) is 0 Å². The maximum absolute atomic E-state index is 10.5. The minimum absolute atomic E-state index is 0. The molecule has 0 atom stereocenters. The van der Waals surface area contributed by atoms with Crippen LogP contribution in [0.4, 0.5) is 4.79 Å². The number of carbonyl (C=O) groups is 2. The molecule has 11 heavy (non-hydrogen) atoms. The maximum Gasteiger partial charge on any atom is 0.370 e. The molecule has 0 aliphatic heterocycles. The van der Waals surface area contributed by atoms with Crippen LogP contribution in [-0.4, -0.2) is 24.0 Å². The van der Waals surface area contributed by atoms with Crippen molar-refractivity contribution in [2.75, 3.05) is 7.11 Å². The van der Waals surface area contributed by atoms with Gasteiger partial charge in [-0.15, -0.1) is 0 Å². The van der Waals surface area contributed by atoms with Crippen LogP contribution in [0.2, 0.25) is 0 Å². The van der Waals surface area contributed by atoms with Crippen LogP contribution >= 0.6 is 0 Å². The van der Waals surface area contributed by atoms with Crippen molar-refractivity contribution >= 4 is 12.0 Å². The van der Waals surface area contributed by atoms with E-state index in [2.05, 4.69) is 11.8 Å². The van der Waals surface area contributed by atoms with Crippen molar-refractivity contribution in [2.24, 2.45) is 0 Å².